The van der Waals surface area contributed by atoms with Crippen LogP contribution >= 0.6 is 0 Å². The molecule has 2 atom stereocenters. The van der Waals surface area contributed by atoms with Gasteiger partial charge in [-0.3, -0.25) is 4.98 Å². The second kappa shape index (κ2) is 11.2. The summed E-state index contributed by atoms with van der Waals surface area (Å²) in [4.78, 5) is 5.55. The number of rotatable bonds is 4. The molecule has 0 bridgehead atoms. The Morgan fingerprint density at radius 2 is 1.52 bits per heavy atom. The quantitative estimate of drug-likeness (QED) is 0.315. The first-order valence-corrected chi connectivity index (χ1v) is 19.2. The largest absolute Gasteiger partial charge is 0.416 e. The van der Waals surface area contributed by atoms with Crippen LogP contribution in [-0.4, -0.2) is 39.7 Å². The molecule has 1 aromatic carbocycles. The third-order valence-electron chi connectivity index (χ3n) is 10.8. The van der Waals surface area contributed by atoms with Crippen molar-refractivity contribution in [1.82, 2.24) is 4.98 Å². The molecule has 0 unspecified atom stereocenters. The minimum Gasteiger partial charge on any atom is -0.410 e. The molecule has 3 aliphatic heterocycles. The summed E-state index contributed by atoms with van der Waals surface area (Å²) in [6, 6.07) is 5.55. The lowest BCUT2D eigenvalue weighted by Gasteiger charge is -2.46. The number of hydrogen-bond acceptors (Lipinski definition) is 5. The summed E-state index contributed by atoms with van der Waals surface area (Å²) in [7, 11) is -2.18. The fraction of sp³-hybridized carbons (Fsp3) is 0.686. The number of pyridine rings is 1. The summed E-state index contributed by atoms with van der Waals surface area (Å²) in [6.45, 7) is 18.5. The zero-order chi connectivity index (χ0) is 31.7. The van der Waals surface area contributed by atoms with Gasteiger partial charge < -0.3 is 18.6 Å². The Hall–Kier alpha value is -1.78. The first-order chi connectivity index (χ1) is 20.5. The van der Waals surface area contributed by atoms with Crippen LogP contribution < -0.4 is 0 Å². The Kier molecular flexibility index (Phi) is 8.17. The number of halogens is 3. The predicted octanol–water partition coefficient (Wildman–Crippen LogP) is 9.16. The maximum absolute atomic E-state index is 13.6. The van der Waals surface area contributed by atoms with Crippen molar-refractivity contribution in [3.63, 3.8) is 0 Å². The van der Waals surface area contributed by atoms with Crippen LogP contribution in [0.1, 0.15) is 124 Å². The van der Waals surface area contributed by atoms with Crippen molar-refractivity contribution in [2.75, 3.05) is 26.4 Å². The monoisotopic (exact) mass is 631 g/mol. The Morgan fingerprint density at radius 1 is 0.909 bits per heavy atom. The average molecular weight is 632 g/mol. The number of fused-ring (bicyclic) bond motifs is 4. The molecule has 2 saturated heterocycles. The van der Waals surface area contributed by atoms with Gasteiger partial charge in [-0.25, -0.2) is 0 Å². The van der Waals surface area contributed by atoms with Crippen LogP contribution in [0.4, 0.5) is 13.2 Å². The molecule has 1 aromatic heterocycles. The molecule has 44 heavy (non-hydrogen) atoms. The van der Waals surface area contributed by atoms with Gasteiger partial charge in [0.15, 0.2) is 8.32 Å². The Balaban J connectivity index is 1.60. The number of aromatic nitrogens is 1. The van der Waals surface area contributed by atoms with E-state index < -0.39 is 31.8 Å². The van der Waals surface area contributed by atoms with Gasteiger partial charge in [-0.2, -0.15) is 13.2 Å². The van der Waals surface area contributed by atoms with Crippen LogP contribution in [0.5, 0.6) is 0 Å². The Bertz CT molecular complexity index is 1370. The molecule has 6 rings (SSSR count). The summed E-state index contributed by atoms with van der Waals surface area (Å²) in [5.74, 6) is 0.197. The van der Waals surface area contributed by atoms with Crippen LogP contribution in [0.15, 0.2) is 24.3 Å². The van der Waals surface area contributed by atoms with Gasteiger partial charge in [0.2, 0.25) is 0 Å². The topological polar surface area (TPSA) is 49.8 Å². The van der Waals surface area contributed by atoms with Crippen LogP contribution in [0.2, 0.25) is 18.1 Å². The molecule has 4 heterocycles. The highest BCUT2D eigenvalue weighted by atomic mass is 28.4. The molecular formula is C35H48F3NO4Si. The van der Waals surface area contributed by atoms with Gasteiger partial charge in [0.1, 0.15) is 6.10 Å². The molecule has 0 saturated carbocycles. The highest BCUT2D eigenvalue weighted by Gasteiger charge is 2.54. The highest BCUT2D eigenvalue weighted by molar-refractivity contribution is 6.74. The van der Waals surface area contributed by atoms with Crippen molar-refractivity contribution in [2.45, 2.75) is 121 Å². The zero-order valence-corrected chi connectivity index (χ0v) is 28.3. The number of hydrogen-bond donors (Lipinski definition) is 0. The summed E-state index contributed by atoms with van der Waals surface area (Å²) in [6.07, 6.45) is -0.199. The number of nitrogens with zero attached hydrogens (tertiary/aromatic N) is 1. The first kappa shape index (κ1) is 32.2. The van der Waals surface area contributed by atoms with Crippen molar-refractivity contribution in [3.8, 4) is 0 Å². The fourth-order valence-electron chi connectivity index (χ4n) is 7.46. The average Bonchev–Trinajstić information content (AvgIpc) is 3.25. The molecule has 9 heteroatoms. The molecule has 2 aromatic rings. The van der Waals surface area contributed by atoms with Gasteiger partial charge in [0.25, 0.3) is 0 Å². The summed E-state index contributed by atoms with van der Waals surface area (Å²) < 4.78 is 66.8. The molecule has 0 amide bonds. The standard InChI is InChI=1S/C35H48F3NO4Si/c1-32(2,3)44(6,7)43-26-21-33(4,5)20-25-27(26)29-28(30(39-25)22-12-16-40-17-13-22)31(42-34(29)14-18-41-19-15-34)23-8-10-24(11-9-23)35(36,37)38/h8-11,22,26,31H,12-21H2,1-7H3/t26-,31+/m0/s1. The van der Waals surface area contributed by atoms with E-state index in [0.717, 1.165) is 48.2 Å². The van der Waals surface area contributed by atoms with Crippen LogP contribution in [-0.2, 0) is 36.8 Å². The van der Waals surface area contributed by atoms with E-state index >= 15 is 0 Å². The molecule has 1 spiro atoms. The van der Waals surface area contributed by atoms with Crippen LogP contribution in [0.25, 0.3) is 0 Å². The molecule has 4 aliphatic rings. The van der Waals surface area contributed by atoms with Gasteiger partial charge >= 0.3 is 6.18 Å². The Morgan fingerprint density at radius 3 is 2.11 bits per heavy atom. The summed E-state index contributed by atoms with van der Waals surface area (Å²) >= 11 is 0. The van der Waals surface area contributed by atoms with Gasteiger partial charge in [-0.05, 0) is 72.5 Å². The van der Waals surface area contributed by atoms with Gasteiger partial charge in [0, 0.05) is 62.0 Å². The molecular weight excluding hydrogens is 583 g/mol. The van der Waals surface area contributed by atoms with E-state index in [1.54, 1.807) is 12.1 Å². The number of alkyl halides is 3. The van der Waals surface area contributed by atoms with Gasteiger partial charge in [0.05, 0.1) is 23.0 Å². The lowest BCUT2D eigenvalue weighted by molar-refractivity contribution is -0.137. The summed E-state index contributed by atoms with van der Waals surface area (Å²) in [5.41, 5.74) is 5.04. The molecule has 1 aliphatic carbocycles. The molecule has 242 valence electrons. The SMILES string of the molecule is CC1(C)Cc2nc(C3CCOCC3)c3c(c2[C@@H](O[Si](C)(C)C(C)(C)C)C1)C1(CCOCC1)O[C@@H]3c1ccc(C(F)(F)F)cc1. The number of benzene rings is 1. The van der Waals surface area contributed by atoms with E-state index in [9.17, 15) is 13.2 Å². The second-order valence-electron chi connectivity index (χ2n) is 15.7. The maximum Gasteiger partial charge on any atom is 0.416 e. The van der Waals surface area contributed by atoms with E-state index in [1.807, 2.05) is 0 Å². The zero-order valence-electron chi connectivity index (χ0n) is 27.3. The normalized spacial score (nSPS) is 25.6. The number of ether oxygens (including phenoxy) is 3. The lowest BCUT2D eigenvalue weighted by atomic mass is 9.69. The molecule has 0 N–H and O–H groups in total. The van der Waals surface area contributed by atoms with Crippen molar-refractivity contribution in [2.24, 2.45) is 5.41 Å². The minimum absolute atomic E-state index is 0.00332. The van der Waals surface area contributed by atoms with E-state index in [1.165, 1.54) is 23.3 Å². The first-order valence-electron chi connectivity index (χ1n) is 16.3. The third kappa shape index (κ3) is 5.81. The van der Waals surface area contributed by atoms with Crippen molar-refractivity contribution >= 4 is 8.32 Å². The fourth-order valence-corrected chi connectivity index (χ4v) is 8.73. The van der Waals surface area contributed by atoms with E-state index in [-0.39, 0.29) is 22.5 Å². The van der Waals surface area contributed by atoms with Crippen molar-refractivity contribution < 1.29 is 31.8 Å². The minimum atomic E-state index is -4.40. The summed E-state index contributed by atoms with van der Waals surface area (Å²) in [5, 5.41) is 0.0308. The van der Waals surface area contributed by atoms with Crippen molar-refractivity contribution in [3.05, 3.63) is 63.5 Å². The third-order valence-corrected chi connectivity index (χ3v) is 15.3. The smallest absolute Gasteiger partial charge is 0.410 e. The molecule has 0 radical (unpaired) electrons. The van der Waals surface area contributed by atoms with Crippen molar-refractivity contribution in [1.29, 1.82) is 0 Å². The van der Waals surface area contributed by atoms with E-state index in [2.05, 4.69) is 47.7 Å². The highest BCUT2D eigenvalue weighted by Crippen LogP contribution is 2.59. The van der Waals surface area contributed by atoms with Crippen LogP contribution in [0.3, 0.4) is 0 Å². The second-order valence-corrected chi connectivity index (χ2v) is 20.4. The van der Waals surface area contributed by atoms with Crippen LogP contribution in [0, 0.1) is 5.41 Å². The Labute approximate surface area is 261 Å². The van der Waals surface area contributed by atoms with E-state index in [0.29, 0.717) is 39.3 Å². The lowest BCUT2D eigenvalue weighted by Crippen LogP contribution is -2.45. The maximum atomic E-state index is 13.6. The van der Waals surface area contributed by atoms with E-state index in [4.69, 9.17) is 23.6 Å². The molecule has 5 nitrogen and oxygen atoms in total. The van der Waals surface area contributed by atoms with Gasteiger partial charge in [-0.1, -0.05) is 46.8 Å². The molecule has 2 fully saturated rings. The van der Waals surface area contributed by atoms with Gasteiger partial charge in [-0.15, -0.1) is 0 Å². The predicted molar refractivity (Wildman–Crippen MR) is 166 cm³/mol.